The van der Waals surface area contributed by atoms with Crippen molar-refractivity contribution in [1.82, 2.24) is 15.5 Å². The molecule has 104 valence electrons. The Morgan fingerprint density at radius 3 is 2.83 bits per heavy atom. The molecule has 2 unspecified atom stereocenters. The van der Waals surface area contributed by atoms with Crippen LogP contribution in [0.3, 0.4) is 0 Å². The highest BCUT2D eigenvalue weighted by Crippen LogP contribution is 2.27. The Kier molecular flexibility index (Phi) is 4.28. The van der Waals surface area contributed by atoms with Crippen molar-refractivity contribution in [2.45, 2.75) is 64.1 Å². The summed E-state index contributed by atoms with van der Waals surface area (Å²) < 4.78 is 0. The second kappa shape index (κ2) is 5.57. The maximum Gasteiger partial charge on any atom is 0.239 e. The summed E-state index contributed by atoms with van der Waals surface area (Å²) in [5.41, 5.74) is -0.457. The third-order valence-corrected chi connectivity index (χ3v) is 4.34. The van der Waals surface area contributed by atoms with Crippen LogP contribution in [0.4, 0.5) is 0 Å². The minimum atomic E-state index is -0.457. The molecule has 2 heterocycles. The maximum absolute atomic E-state index is 12.2. The summed E-state index contributed by atoms with van der Waals surface area (Å²) in [5.74, 6) is 0.140. The Labute approximate surface area is 110 Å². The molecule has 2 rings (SSSR count). The highest BCUT2D eigenvalue weighted by Gasteiger charge is 2.34. The smallest absolute Gasteiger partial charge is 0.239 e. The molecule has 0 aromatic rings. The van der Waals surface area contributed by atoms with Gasteiger partial charge in [-0.15, -0.1) is 0 Å². The van der Waals surface area contributed by atoms with Crippen molar-refractivity contribution in [2.24, 2.45) is 0 Å². The molecule has 0 spiro atoms. The van der Waals surface area contributed by atoms with E-state index in [1.807, 2.05) is 20.8 Å². The number of rotatable bonds is 4. The van der Waals surface area contributed by atoms with E-state index in [-0.39, 0.29) is 5.91 Å². The van der Waals surface area contributed by atoms with Gasteiger partial charge in [-0.25, -0.2) is 0 Å². The molecule has 1 amide bonds. The second-order valence-corrected chi connectivity index (χ2v) is 6.18. The van der Waals surface area contributed by atoms with E-state index >= 15 is 0 Å². The first-order valence-electron chi connectivity index (χ1n) is 7.33. The van der Waals surface area contributed by atoms with Gasteiger partial charge in [0.05, 0.1) is 5.54 Å². The Bertz CT molecular complexity index is 303. The third-order valence-electron chi connectivity index (χ3n) is 4.34. The van der Waals surface area contributed by atoms with Crippen LogP contribution in [0, 0.1) is 0 Å². The van der Waals surface area contributed by atoms with Gasteiger partial charge in [-0.1, -0.05) is 6.92 Å². The minimum absolute atomic E-state index is 0.140. The van der Waals surface area contributed by atoms with E-state index in [2.05, 4.69) is 15.5 Å². The molecule has 2 aliphatic heterocycles. The van der Waals surface area contributed by atoms with Gasteiger partial charge in [0.15, 0.2) is 0 Å². The average molecular weight is 253 g/mol. The average Bonchev–Trinajstić information content (AvgIpc) is 2.76. The molecule has 18 heavy (non-hydrogen) atoms. The summed E-state index contributed by atoms with van der Waals surface area (Å²) in [6.07, 6.45) is 4.87. The molecule has 4 nitrogen and oxygen atoms in total. The molecule has 2 aliphatic rings. The van der Waals surface area contributed by atoms with Crippen LogP contribution in [0.5, 0.6) is 0 Å². The van der Waals surface area contributed by atoms with E-state index < -0.39 is 5.54 Å². The van der Waals surface area contributed by atoms with E-state index in [1.54, 1.807) is 0 Å². The predicted molar refractivity (Wildman–Crippen MR) is 73.5 cm³/mol. The van der Waals surface area contributed by atoms with Crippen LogP contribution in [0.15, 0.2) is 0 Å². The first-order chi connectivity index (χ1) is 8.53. The summed E-state index contributed by atoms with van der Waals surface area (Å²) in [4.78, 5) is 14.8. The van der Waals surface area contributed by atoms with Crippen LogP contribution < -0.4 is 10.6 Å². The van der Waals surface area contributed by atoms with Gasteiger partial charge in [0, 0.05) is 18.6 Å². The molecule has 4 heteroatoms. The van der Waals surface area contributed by atoms with Gasteiger partial charge in [-0.05, 0) is 52.6 Å². The van der Waals surface area contributed by atoms with Gasteiger partial charge in [0.25, 0.3) is 0 Å². The molecule has 0 bridgehead atoms. The fourth-order valence-corrected chi connectivity index (χ4v) is 3.24. The maximum atomic E-state index is 12.2. The molecular formula is C14H27N3O. The third kappa shape index (κ3) is 3.04. The number of carbonyl (C=O) groups excluding carboxylic acids is 1. The number of hydrogen-bond acceptors (Lipinski definition) is 3. The second-order valence-electron chi connectivity index (χ2n) is 6.18. The van der Waals surface area contributed by atoms with Crippen molar-refractivity contribution in [3.63, 3.8) is 0 Å². The lowest BCUT2D eigenvalue weighted by atomic mass is 9.96. The monoisotopic (exact) mass is 253 g/mol. The first kappa shape index (κ1) is 13.8. The Balaban J connectivity index is 1.84. The van der Waals surface area contributed by atoms with Crippen molar-refractivity contribution in [3.8, 4) is 0 Å². The Morgan fingerprint density at radius 2 is 2.11 bits per heavy atom. The van der Waals surface area contributed by atoms with Crippen molar-refractivity contribution in [1.29, 1.82) is 0 Å². The fourth-order valence-electron chi connectivity index (χ4n) is 3.24. The van der Waals surface area contributed by atoms with Crippen molar-refractivity contribution >= 4 is 5.91 Å². The zero-order chi connectivity index (χ0) is 13.2. The summed E-state index contributed by atoms with van der Waals surface area (Å²) in [7, 11) is 0. The highest BCUT2D eigenvalue weighted by molar-refractivity contribution is 5.85. The first-order valence-corrected chi connectivity index (χ1v) is 7.33. The lowest BCUT2D eigenvalue weighted by Gasteiger charge is -2.36. The number of likely N-dealkylation sites (N-methyl/N-ethyl adjacent to an activating group) is 1. The van der Waals surface area contributed by atoms with Crippen LogP contribution in [-0.2, 0) is 4.79 Å². The van der Waals surface area contributed by atoms with Crippen LogP contribution in [0.25, 0.3) is 0 Å². The number of piperidine rings is 1. The summed E-state index contributed by atoms with van der Waals surface area (Å²) in [5, 5.41) is 6.46. The molecule has 2 atom stereocenters. The van der Waals surface area contributed by atoms with Crippen LogP contribution in [-0.4, -0.2) is 48.1 Å². The summed E-state index contributed by atoms with van der Waals surface area (Å²) >= 11 is 0. The van der Waals surface area contributed by atoms with Crippen LogP contribution >= 0.6 is 0 Å². The predicted octanol–water partition coefficient (Wildman–Crippen LogP) is 1.12. The molecule has 2 fully saturated rings. The molecule has 2 N–H and O–H groups in total. The standard InChI is InChI=1S/C14H27N3O/c1-4-15-14(2,3)13(18)16-11-7-9-17-8-5-6-12(17)10-11/h11-12,15H,4-10H2,1-3H3,(H,16,18). The Morgan fingerprint density at radius 1 is 1.33 bits per heavy atom. The normalized spacial score (nSPS) is 29.1. The number of amides is 1. The number of nitrogens with zero attached hydrogens (tertiary/aromatic N) is 1. The van der Waals surface area contributed by atoms with Crippen LogP contribution in [0.1, 0.15) is 46.5 Å². The van der Waals surface area contributed by atoms with Gasteiger partial charge in [0.1, 0.15) is 0 Å². The van der Waals surface area contributed by atoms with Gasteiger partial charge >= 0.3 is 0 Å². The number of fused-ring (bicyclic) bond motifs is 1. The number of nitrogens with one attached hydrogen (secondary N) is 2. The topological polar surface area (TPSA) is 44.4 Å². The van der Waals surface area contributed by atoms with Gasteiger partial charge in [-0.2, -0.15) is 0 Å². The van der Waals surface area contributed by atoms with E-state index in [4.69, 9.17) is 0 Å². The number of carbonyl (C=O) groups is 1. The molecule has 0 saturated carbocycles. The Hall–Kier alpha value is -0.610. The largest absolute Gasteiger partial charge is 0.352 e. The van der Waals surface area contributed by atoms with Crippen molar-refractivity contribution in [3.05, 3.63) is 0 Å². The lowest BCUT2D eigenvalue weighted by molar-refractivity contribution is -0.127. The fraction of sp³-hybridized carbons (Fsp3) is 0.929. The van der Waals surface area contributed by atoms with Crippen molar-refractivity contribution < 1.29 is 4.79 Å². The SMILES string of the molecule is CCNC(C)(C)C(=O)NC1CCN2CCCC2C1. The molecule has 0 aromatic carbocycles. The molecule has 0 radical (unpaired) electrons. The van der Waals surface area contributed by atoms with E-state index in [9.17, 15) is 4.79 Å². The zero-order valence-corrected chi connectivity index (χ0v) is 12.0. The van der Waals surface area contributed by atoms with E-state index in [0.717, 1.165) is 25.9 Å². The highest BCUT2D eigenvalue weighted by atomic mass is 16.2. The molecule has 2 saturated heterocycles. The molecule has 0 aliphatic carbocycles. The van der Waals surface area contributed by atoms with Gasteiger partial charge in [0.2, 0.25) is 5.91 Å². The van der Waals surface area contributed by atoms with Gasteiger partial charge in [-0.3, -0.25) is 4.79 Å². The minimum Gasteiger partial charge on any atom is -0.352 e. The van der Waals surface area contributed by atoms with E-state index in [1.165, 1.54) is 19.4 Å². The lowest BCUT2D eigenvalue weighted by Crippen LogP contribution is -2.57. The van der Waals surface area contributed by atoms with E-state index in [0.29, 0.717) is 12.1 Å². The number of hydrogen-bond donors (Lipinski definition) is 2. The molecule has 0 aromatic heterocycles. The summed E-state index contributed by atoms with van der Waals surface area (Å²) in [6, 6.07) is 1.08. The molecular weight excluding hydrogens is 226 g/mol. The van der Waals surface area contributed by atoms with Crippen molar-refractivity contribution in [2.75, 3.05) is 19.6 Å². The zero-order valence-electron chi connectivity index (χ0n) is 12.0. The van der Waals surface area contributed by atoms with Crippen LogP contribution in [0.2, 0.25) is 0 Å². The quantitative estimate of drug-likeness (QED) is 0.789. The van der Waals surface area contributed by atoms with Gasteiger partial charge < -0.3 is 15.5 Å². The summed E-state index contributed by atoms with van der Waals surface area (Å²) in [6.45, 7) is 9.17.